The molecule has 2 rings (SSSR count). The molecule has 0 aliphatic rings. The molecule has 0 saturated carbocycles. The Hall–Kier alpha value is -1.94. The molecular formula is C13H10ClFN2O. The quantitative estimate of drug-likeness (QED) is 0.845. The molecule has 0 saturated heterocycles. The molecular weight excluding hydrogens is 255 g/mol. The summed E-state index contributed by atoms with van der Waals surface area (Å²) in [5.41, 5.74) is 1.51. The normalized spacial score (nSPS) is 10.2. The van der Waals surface area contributed by atoms with E-state index in [-0.39, 0.29) is 10.7 Å². The molecule has 1 aromatic carbocycles. The van der Waals surface area contributed by atoms with Crippen molar-refractivity contribution in [3.05, 3.63) is 58.6 Å². The van der Waals surface area contributed by atoms with Gasteiger partial charge in [-0.3, -0.25) is 4.79 Å². The highest BCUT2D eigenvalue weighted by Crippen LogP contribution is 2.20. The number of rotatable bonds is 2. The van der Waals surface area contributed by atoms with Gasteiger partial charge in [0.25, 0.3) is 5.91 Å². The lowest BCUT2D eigenvalue weighted by atomic mass is 10.2. The number of pyridine rings is 1. The molecule has 2 aromatic rings. The van der Waals surface area contributed by atoms with Crippen molar-refractivity contribution in [2.75, 3.05) is 5.32 Å². The van der Waals surface area contributed by atoms with Crippen LogP contribution in [0.25, 0.3) is 0 Å². The van der Waals surface area contributed by atoms with Gasteiger partial charge in [0.2, 0.25) is 0 Å². The SMILES string of the molecule is Cc1cnc(Cl)c(NC(=O)c2cccc(F)c2)c1. The van der Waals surface area contributed by atoms with E-state index >= 15 is 0 Å². The molecule has 0 radical (unpaired) electrons. The average Bonchev–Trinajstić information content (AvgIpc) is 2.34. The van der Waals surface area contributed by atoms with Crippen molar-refractivity contribution < 1.29 is 9.18 Å². The summed E-state index contributed by atoms with van der Waals surface area (Å²) in [6.45, 7) is 1.83. The maximum absolute atomic E-state index is 13.0. The van der Waals surface area contributed by atoms with E-state index in [2.05, 4.69) is 10.3 Å². The molecule has 1 aromatic heterocycles. The summed E-state index contributed by atoms with van der Waals surface area (Å²) >= 11 is 5.86. The molecule has 0 aliphatic carbocycles. The van der Waals surface area contributed by atoms with Crippen LogP contribution in [0.1, 0.15) is 15.9 Å². The van der Waals surface area contributed by atoms with E-state index in [0.29, 0.717) is 5.69 Å². The monoisotopic (exact) mass is 264 g/mol. The predicted octanol–water partition coefficient (Wildman–Crippen LogP) is 3.43. The van der Waals surface area contributed by atoms with Gasteiger partial charge in [0, 0.05) is 11.8 Å². The number of nitrogens with zero attached hydrogens (tertiary/aromatic N) is 1. The van der Waals surface area contributed by atoms with E-state index in [1.165, 1.54) is 18.2 Å². The highest BCUT2D eigenvalue weighted by molar-refractivity contribution is 6.32. The van der Waals surface area contributed by atoms with Crippen LogP contribution in [0.15, 0.2) is 36.5 Å². The van der Waals surface area contributed by atoms with E-state index < -0.39 is 11.7 Å². The topological polar surface area (TPSA) is 42.0 Å². The second kappa shape index (κ2) is 5.14. The maximum atomic E-state index is 13.0. The predicted molar refractivity (Wildman–Crippen MR) is 68.3 cm³/mol. The minimum atomic E-state index is -0.462. The first-order chi connectivity index (χ1) is 8.56. The molecule has 5 heteroatoms. The summed E-state index contributed by atoms with van der Waals surface area (Å²) in [4.78, 5) is 15.8. The van der Waals surface area contributed by atoms with Gasteiger partial charge >= 0.3 is 0 Å². The number of hydrogen-bond donors (Lipinski definition) is 1. The van der Waals surface area contributed by atoms with Crippen LogP contribution < -0.4 is 5.32 Å². The largest absolute Gasteiger partial charge is 0.319 e. The molecule has 1 N–H and O–H groups in total. The lowest BCUT2D eigenvalue weighted by Gasteiger charge is -2.07. The molecule has 0 fully saturated rings. The van der Waals surface area contributed by atoms with E-state index in [0.717, 1.165) is 11.6 Å². The van der Waals surface area contributed by atoms with Crippen LogP contribution in [0, 0.1) is 12.7 Å². The van der Waals surface area contributed by atoms with Crippen LogP contribution in [-0.2, 0) is 0 Å². The number of benzene rings is 1. The summed E-state index contributed by atoms with van der Waals surface area (Å²) in [5.74, 6) is -0.889. The molecule has 92 valence electrons. The Morgan fingerprint density at radius 1 is 1.39 bits per heavy atom. The minimum absolute atomic E-state index is 0.199. The Balaban J connectivity index is 2.24. The molecule has 1 amide bonds. The van der Waals surface area contributed by atoms with Crippen LogP contribution in [0.3, 0.4) is 0 Å². The number of amides is 1. The van der Waals surface area contributed by atoms with Crippen molar-refractivity contribution in [3.63, 3.8) is 0 Å². The average molecular weight is 265 g/mol. The Morgan fingerprint density at radius 3 is 2.89 bits per heavy atom. The van der Waals surface area contributed by atoms with Crippen LogP contribution in [0.2, 0.25) is 5.15 Å². The van der Waals surface area contributed by atoms with Gasteiger partial charge in [0.1, 0.15) is 5.82 Å². The first-order valence-corrected chi connectivity index (χ1v) is 5.63. The number of carbonyl (C=O) groups excluding carboxylic acids is 1. The van der Waals surface area contributed by atoms with Gasteiger partial charge < -0.3 is 5.32 Å². The third-order valence-electron chi connectivity index (χ3n) is 2.31. The zero-order valence-electron chi connectivity index (χ0n) is 9.58. The van der Waals surface area contributed by atoms with Gasteiger partial charge in [0.05, 0.1) is 5.69 Å². The third kappa shape index (κ3) is 2.84. The fourth-order valence-electron chi connectivity index (χ4n) is 1.46. The Kier molecular flexibility index (Phi) is 3.58. The summed E-state index contributed by atoms with van der Waals surface area (Å²) in [5, 5.41) is 2.79. The van der Waals surface area contributed by atoms with E-state index in [1.807, 2.05) is 6.92 Å². The maximum Gasteiger partial charge on any atom is 0.255 e. The summed E-state index contributed by atoms with van der Waals surface area (Å²) in [6, 6.07) is 7.13. The minimum Gasteiger partial charge on any atom is -0.319 e. The second-order valence-electron chi connectivity index (χ2n) is 3.82. The summed E-state index contributed by atoms with van der Waals surface area (Å²) < 4.78 is 13.0. The molecule has 0 aliphatic heterocycles. The highest BCUT2D eigenvalue weighted by Gasteiger charge is 2.09. The fourth-order valence-corrected chi connectivity index (χ4v) is 1.61. The number of aryl methyl sites for hydroxylation is 1. The lowest BCUT2D eigenvalue weighted by molar-refractivity contribution is 0.102. The molecule has 0 unspecified atom stereocenters. The van der Waals surface area contributed by atoms with Crippen LogP contribution in [0.5, 0.6) is 0 Å². The van der Waals surface area contributed by atoms with Crippen molar-refractivity contribution in [1.82, 2.24) is 4.98 Å². The van der Waals surface area contributed by atoms with Crippen LogP contribution >= 0.6 is 11.6 Å². The van der Waals surface area contributed by atoms with Crippen molar-refractivity contribution in [1.29, 1.82) is 0 Å². The van der Waals surface area contributed by atoms with E-state index in [1.54, 1.807) is 12.3 Å². The molecule has 0 atom stereocenters. The Morgan fingerprint density at radius 2 is 2.17 bits per heavy atom. The molecule has 1 heterocycles. The van der Waals surface area contributed by atoms with Crippen LogP contribution in [0.4, 0.5) is 10.1 Å². The number of nitrogens with one attached hydrogen (secondary N) is 1. The number of hydrogen-bond acceptors (Lipinski definition) is 2. The number of carbonyl (C=O) groups is 1. The third-order valence-corrected chi connectivity index (χ3v) is 2.61. The van der Waals surface area contributed by atoms with Gasteiger partial charge in [-0.25, -0.2) is 9.37 Å². The van der Waals surface area contributed by atoms with Gasteiger partial charge in [-0.05, 0) is 36.8 Å². The van der Waals surface area contributed by atoms with Gasteiger partial charge in [-0.1, -0.05) is 17.7 Å². The van der Waals surface area contributed by atoms with Crippen molar-refractivity contribution in [2.45, 2.75) is 6.92 Å². The van der Waals surface area contributed by atoms with E-state index in [4.69, 9.17) is 11.6 Å². The number of anilines is 1. The fraction of sp³-hybridized carbons (Fsp3) is 0.0769. The zero-order valence-corrected chi connectivity index (χ0v) is 10.3. The van der Waals surface area contributed by atoms with Crippen molar-refractivity contribution >= 4 is 23.2 Å². The molecule has 3 nitrogen and oxygen atoms in total. The van der Waals surface area contributed by atoms with Gasteiger partial charge in [-0.2, -0.15) is 0 Å². The summed E-state index contributed by atoms with van der Waals surface area (Å²) in [6.07, 6.45) is 1.60. The number of halogens is 2. The molecule has 0 bridgehead atoms. The second-order valence-corrected chi connectivity index (χ2v) is 4.17. The van der Waals surface area contributed by atoms with Crippen LogP contribution in [-0.4, -0.2) is 10.9 Å². The van der Waals surface area contributed by atoms with Crippen molar-refractivity contribution in [2.24, 2.45) is 0 Å². The van der Waals surface area contributed by atoms with E-state index in [9.17, 15) is 9.18 Å². The molecule has 18 heavy (non-hydrogen) atoms. The Bertz CT molecular complexity index is 601. The smallest absolute Gasteiger partial charge is 0.255 e. The first-order valence-electron chi connectivity index (χ1n) is 5.25. The summed E-state index contributed by atoms with van der Waals surface area (Å²) in [7, 11) is 0. The molecule has 0 spiro atoms. The van der Waals surface area contributed by atoms with Gasteiger partial charge in [0.15, 0.2) is 5.15 Å². The standard InChI is InChI=1S/C13H10ClFN2O/c1-8-5-11(12(14)16-7-8)17-13(18)9-3-2-4-10(15)6-9/h2-7H,1H3,(H,17,18). The highest BCUT2D eigenvalue weighted by atomic mass is 35.5. The lowest BCUT2D eigenvalue weighted by Crippen LogP contribution is -2.12. The van der Waals surface area contributed by atoms with Gasteiger partial charge in [-0.15, -0.1) is 0 Å². The Labute approximate surface area is 109 Å². The first kappa shape index (κ1) is 12.5. The number of aromatic nitrogens is 1. The zero-order chi connectivity index (χ0) is 13.1. The van der Waals surface area contributed by atoms with Crippen molar-refractivity contribution in [3.8, 4) is 0 Å².